The molecule has 1 atom stereocenters. The second-order valence-electron chi connectivity index (χ2n) is 7.77. The molecule has 1 aliphatic rings. The molecule has 0 radical (unpaired) electrons. The number of hydrogen-bond donors (Lipinski definition) is 0. The van der Waals surface area contributed by atoms with Crippen LogP contribution in [0.3, 0.4) is 0 Å². The van der Waals surface area contributed by atoms with Crippen molar-refractivity contribution in [3.05, 3.63) is 64.6 Å². The molecule has 1 aliphatic heterocycles. The first kappa shape index (κ1) is 22.3. The van der Waals surface area contributed by atoms with Gasteiger partial charge in [-0.25, -0.2) is 0 Å². The minimum Gasteiger partial charge on any atom is -0.466 e. The van der Waals surface area contributed by atoms with Crippen LogP contribution < -0.4 is 10.5 Å². The van der Waals surface area contributed by atoms with Crippen molar-refractivity contribution >= 4 is 29.3 Å². The van der Waals surface area contributed by atoms with Crippen molar-refractivity contribution in [2.75, 3.05) is 38.7 Å². The second-order valence-corrected chi connectivity index (χ2v) is 7.77. The van der Waals surface area contributed by atoms with Gasteiger partial charge < -0.3 is 14.5 Å². The fourth-order valence-electron chi connectivity index (χ4n) is 3.66. The van der Waals surface area contributed by atoms with E-state index in [0.29, 0.717) is 26.0 Å². The Morgan fingerprint density at radius 1 is 1.16 bits per heavy atom. The van der Waals surface area contributed by atoms with Gasteiger partial charge in [-0.15, -0.1) is 0 Å². The number of aromatic nitrogens is 1. The van der Waals surface area contributed by atoms with Crippen LogP contribution in [0.15, 0.2) is 53.5 Å². The van der Waals surface area contributed by atoms with Crippen LogP contribution in [0.4, 0.5) is 5.69 Å². The summed E-state index contributed by atoms with van der Waals surface area (Å²) in [6.45, 7) is 2.91. The summed E-state index contributed by atoms with van der Waals surface area (Å²) >= 11 is 0. The fraction of sp³-hybridized carbons (Fsp3) is 0.375. The highest BCUT2D eigenvalue weighted by Gasteiger charge is 2.31. The number of hydrogen-bond acceptors (Lipinski definition) is 5. The number of pyridine rings is 1. The van der Waals surface area contributed by atoms with E-state index in [1.165, 1.54) is 10.6 Å². The molecule has 0 saturated carbocycles. The van der Waals surface area contributed by atoms with Crippen LogP contribution in [0.2, 0.25) is 0 Å². The summed E-state index contributed by atoms with van der Waals surface area (Å²) in [6.07, 6.45) is 4.72. The Bertz CT molecular complexity index is 1010. The third kappa shape index (κ3) is 5.42. The summed E-state index contributed by atoms with van der Waals surface area (Å²) in [6, 6.07) is 12.5. The molecular formula is C24H29N3O4. The Balaban J connectivity index is 1.95. The Hall–Kier alpha value is -3.35. The van der Waals surface area contributed by atoms with Crippen molar-refractivity contribution in [1.29, 1.82) is 0 Å². The third-order valence-electron chi connectivity index (χ3n) is 5.34. The maximum absolute atomic E-state index is 13.5. The lowest BCUT2D eigenvalue weighted by Gasteiger charge is -2.32. The molecule has 2 aromatic rings. The van der Waals surface area contributed by atoms with Gasteiger partial charge in [-0.3, -0.25) is 19.0 Å². The van der Waals surface area contributed by atoms with Crippen molar-refractivity contribution in [2.45, 2.75) is 19.8 Å². The van der Waals surface area contributed by atoms with Gasteiger partial charge in [0.15, 0.2) is 0 Å². The topological polar surface area (TPSA) is 71.8 Å². The number of carbonyl (C=O) groups is 2. The third-order valence-corrected chi connectivity index (χ3v) is 5.34. The molecular weight excluding hydrogens is 394 g/mol. The smallest absolute Gasteiger partial charge is 0.310 e. The van der Waals surface area contributed by atoms with Gasteiger partial charge in [0.05, 0.1) is 12.5 Å². The zero-order valence-electron chi connectivity index (χ0n) is 18.3. The lowest BCUT2D eigenvalue weighted by atomic mass is 9.98. The van der Waals surface area contributed by atoms with E-state index in [4.69, 9.17) is 4.74 Å². The van der Waals surface area contributed by atoms with Crippen molar-refractivity contribution in [3.63, 3.8) is 0 Å². The first-order valence-electron chi connectivity index (χ1n) is 10.5. The average Bonchev–Trinajstić information content (AvgIpc) is 2.78. The number of likely N-dealkylation sites (tertiary alicyclic amines) is 1. The number of ether oxygens (including phenoxy) is 1. The largest absolute Gasteiger partial charge is 0.466 e. The SMILES string of the molecule is CCOC(=O)C1CCCN(C(=O)/C(=C\c2ccc(N(C)C)cc2)n2ccccc2=O)C1. The summed E-state index contributed by atoms with van der Waals surface area (Å²) in [5, 5.41) is 0. The molecule has 31 heavy (non-hydrogen) atoms. The molecule has 7 nitrogen and oxygen atoms in total. The monoisotopic (exact) mass is 423 g/mol. The minimum atomic E-state index is -0.342. The molecule has 7 heteroatoms. The lowest BCUT2D eigenvalue weighted by Crippen LogP contribution is -2.44. The van der Waals surface area contributed by atoms with E-state index in [-0.39, 0.29) is 35.6 Å². The molecule has 1 amide bonds. The van der Waals surface area contributed by atoms with E-state index in [9.17, 15) is 14.4 Å². The molecule has 0 bridgehead atoms. The van der Waals surface area contributed by atoms with Crippen molar-refractivity contribution < 1.29 is 14.3 Å². The maximum Gasteiger partial charge on any atom is 0.310 e. The predicted molar refractivity (Wildman–Crippen MR) is 122 cm³/mol. The van der Waals surface area contributed by atoms with E-state index < -0.39 is 0 Å². The van der Waals surface area contributed by atoms with Crippen LogP contribution >= 0.6 is 0 Å². The van der Waals surface area contributed by atoms with E-state index in [2.05, 4.69) is 0 Å². The number of amides is 1. The summed E-state index contributed by atoms with van der Waals surface area (Å²) in [4.78, 5) is 41.8. The van der Waals surface area contributed by atoms with Gasteiger partial charge in [0, 0.05) is 45.1 Å². The summed E-state index contributed by atoms with van der Waals surface area (Å²) in [7, 11) is 3.92. The normalized spacial score (nSPS) is 16.7. The Kier molecular flexibility index (Phi) is 7.28. The van der Waals surface area contributed by atoms with E-state index in [1.54, 1.807) is 36.2 Å². The lowest BCUT2D eigenvalue weighted by molar-refractivity contribution is -0.150. The number of nitrogens with zero attached hydrogens (tertiary/aromatic N) is 3. The molecule has 1 fully saturated rings. The molecule has 0 N–H and O–H groups in total. The van der Waals surface area contributed by atoms with Gasteiger partial charge in [-0.1, -0.05) is 18.2 Å². The van der Waals surface area contributed by atoms with Gasteiger partial charge in [-0.05, 0) is 49.6 Å². The van der Waals surface area contributed by atoms with Crippen LogP contribution in [0.1, 0.15) is 25.3 Å². The highest BCUT2D eigenvalue weighted by atomic mass is 16.5. The number of piperidine rings is 1. The average molecular weight is 424 g/mol. The van der Waals surface area contributed by atoms with Crippen molar-refractivity contribution in [2.24, 2.45) is 5.92 Å². The van der Waals surface area contributed by atoms with Crippen LogP contribution in [0, 0.1) is 5.92 Å². The van der Waals surface area contributed by atoms with Crippen LogP contribution in [-0.4, -0.2) is 55.1 Å². The maximum atomic E-state index is 13.5. The fourth-order valence-corrected chi connectivity index (χ4v) is 3.66. The second kappa shape index (κ2) is 10.1. The van der Waals surface area contributed by atoms with E-state index >= 15 is 0 Å². The molecule has 1 saturated heterocycles. The van der Waals surface area contributed by atoms with Crippen LogP contribution in [-0.2, 0) is 14.3 Å². The highest BCUT2D eigenvalue weighted by Crippen LogP contribution is 2.22. The van der Waals surface area contributed by atoms with Crippen LogP contribution in [0.25, 0.3) is 11.8 Å². The molecule has 2 heterocycles. The quantitative estimate of drug-likeness (QED) is 0.528. The predicted octanol–water partition coefficient (Wildman–Crippen LogP) is 2.71. The number of anilines is 1. The van der Waals surface area contributed by atoms with E-state index in [0.717, 1.165) is 11.3 Å². The number of esters is 1. The molecule has 3 rings (SSSR count). The van der Waals surface area contributed by atoms with Gasteiger partial charge in [0.2, 0.25) is 0 Å². The van der Waals surface area contributed by atoms with Gasteiger partial charge in [-0.2, -0.15) is 0 Å². The zero-order valence-corrected chi connectivity index (χ0v) is 18.3. The van der Waals surface area contributed by atoms with Gasteiger partial charge in [0.1, 0.15) is 5.70 Å². The van der Waals surface area contributed by atoms with E-state index in [1.807, 2.05) is 43.3 Å². The zero-order chi connectivity index (χ0) is 22.4. The first-order chi connectivity index (χ1) is 14.9. The van der Waals surface area contributed by atoms with Crippen molar-refractivity contribution in [1.82, 2.24) is 9.47 Å². The summed E-state index contributed by atoms with van der Waals surface area (Å²) in [5.74, 6) is -0.897. The summed E-state index contributed by atoms with van der Waals surface area (Å²) < 4.78 is 6.51. The minimum absolute atomic E-state index is 0.257. The number of carbonyl (C=O) groups excluding carboxylic acids is 2. The number of rotatable bonds is 6. The van der Waals surface area contributed by atoms with Gasteiger partial charge in [0.25, 0.3) is 11.5 Å². The molecule has 1 aromatic carbocycles. The first-order valence-corrected chi connectivity index (χ1v) is 10.5. The standard InChI is InChI=1S/C24H29N3O4/c1-4-31-24(30)19-8-7-14-26(17-19)23(29)21(27-15-6-5-9-22(27)28)16-18-10-12-20(13-11-18)25(2)3/h5-6,9-13,15-16,19H,4,7-8,14,17H2,1-3H3/b21-16+. The number of benzene rings is 1. The highest BCUT2D eigenvalue weighted by molar-refractivity contribution is 6.18. The molecule has 164 valence electrons. The Morgan fingerprint density at radius 2 is 1.90 bits per heavy atom. The Labute approximate surface area is 182 Å². The Morgan fingerprint density at radius 3 is 2.55 bits per heavy atom. The molecule has 1 unspecified atom stereocenters. The molecule has 0 aliphatic carbocycles. The molecule has 1 aromatic heterocycles. The molecule has 0 spiro atoms. The summed E-state index contributed by atoms with van der Waals surface area (Å²) in [5.41, 5.74) is 1.82. The van der Waals surface area contributed by atoms with Gasteiger partial charge >= 0.3 is 5.97 Å². The van der Waals surface area contributed by atoms with Crippen molar-refractivity contribution in [3.8, 4) is 0 Å². The van der Waals surface area contributed by atoms with Crippen LogP contribution in [0.5, 0.6) is 0 Å².